The van der Waals surface area contributed by atoms with Crippen molar-refractivity contribution in [3.05, 3.63) is 0 Å². The van der Waals surface area contributed by atoms with Crippen LogP contribution in [0, 0.1) is 0 Å². The summed E-state index contributed by atoms with van der Waals surface area (Å²) in [5, 5.41) is 20.1. The Hall–Kier alpha value is 3.22. The first-order valence-electron chi connectivity index (χ1n) is 3.24. The van der Waals surface area contributed by atoms with Crippen molar-refractivity contribution in [2.75, 3.05) is 19.5 Å². The molecule has 0 heterocycles. The van der Waals surface area contributed by atoms with E-state index in [0.29, 0.717) is 0 Å². The zero-order valence-corrected chi connectivity index (χ0v) is 14.2. The molecule has 0 aromatic rings. The number of hydrogen-bond acceptors (Lipinski definition) is 3. The summed E-state index contributed by atoms with van der Waals surface area (Å²) in [6, 6.07) is 0. The van der Waals surface area contributed by atoms with E-state index < -0.39 is 7.12 Å². The van der Waals surface area contributed by atoms with Crippen molar-refractivity contribution >= 4 is 7.12 Å². The zero-order valence-electron chi connectivity index (χ0n) is 7.96. The molecule has 0 saturated carbocycles. The first-order valence-corrected chi connectivity index (χ1v) is 3.24. The third-order valence-corrected chi connectivity index (χ3v) is 1.30. The van der Waals surface area contributed by atoms with Gasteiger partial charge in [0.25, 0.3) is 0 Å². The van der Waals surface area contributed by atoms with Gasteiger partial charge in [-0.3, -0.25) is 0 Å². The van der Waals surface area contributed by atoms with E-state index in [0.717, 1.165) is 13.1 Å². The van der Waals surface area contributed by atoms with Crippen LogP contribution < -0.4 is 113 Å². The van der Waals surface area contributed by atoms with Crippen LogP contribution in [0.2, 0.25) is 0 Å². The van der Waals surface area contributed by atoms with Crippen LogP contribution in [-0.4, -0.2) is 31.6 Å². The van der Waals surface area contributed by atoms with Gasteiger partial charge >= 0.3 is 103 Å². The van der Waals surface area contributed by atoms with Gasteiger partial charge in [0, 0.05) is 0 Å². The molecule has 0 N–H and O–H groups in total. The van der Waals surface area contributed by atoms with Gasteiger partial charge in [0.15, 0.2) is 0 Å². The van der Waals surface area contributed by atoms with Crippen LogP contribution in [0.1, 0.15) is 13.8 Å². The van der Waals surface area contributed by atoms with E-state index >= 15 is 0 Å². The average molecular weight is 207 g/mol. The molecule has 6 heteroatoms. The van der Waals surface area contributed by atoms with Crippen molar-refractivity contribution in [2.24, 2.45) is 0 Å². The Bertz CT molecular complexity index is 73.5. The van der Waals surface area contributed by atoms with Gasteiger partial charge in [-0.15, -0.1) is 0 Å². The molecule has 0 aromatic heterocycles. The number of nitrogens with zero attached hydrogens (tertiary/aromatic N) is 1. The van der Waals surface area contributed by atoms with E-state index in [1.165, 1.54) is 0 Å². The summed E-state index contributed by atoms with van der Waals surface area (Å²) in [6.45, 7) is 5.45. The van der Waals surface area contributed by atoms with Crippen LogP contribution in [0.15, 0.2) is 0 Å². The summed E-state index contributed by atoms with van der Waals surface area (Å²) in [7, 11) is -1.69. The van der Waals surface area contributed by atoms with Crippen molar-refractivity contribution in [2.45, 2.75) is 13.8 Å². The molecule has 0 saturated heterocycles. The quantitative estimate of drug-likeness (QED) is 0.430. The average Bonchev–Trinajstić information content (AvgIpc) is 1.82. The molecule has 0 fully saturated rings. The van der Waals surface area contributed by atoms with Crippen molar-refractivity contribution in [3.63, 3.8) is 0 Å². The maximum atomic E-state index is 10.1. The maximum Gasteiger partial charge on any atom is 1.00 e. The van der Waals surface area contributed by atoms with Gasteiger partial charge < -0.3 is 14.9 Å². The monoisotopic (exact) mass is 207 g/mol. The van der Waals surface area contributed by atoms with Gasteiger partial charge in [-0.1, -0.05) is 27.4 Å². The largest absolute Gasteiger partial charge is 1.00 e. The molecule has 0 rings (SSSR count). The molecular formula is C5H12BK2NO2. The molecule has 0 spiro atoms. The Morgan fingerprint density at radius 1 is 1.09 bits per heavy atom. The second-order valence-electron chi connectivity index (χ2n) is 1.92. The molecule has 0 amide bonds. The summed E-state index contributed by atoms with van der Waals surface area (Å²) in [5.74, 6) is 0. The van der Waals surface area contributed by atoms with E-state index in [-0.39, 0.29) is 109 Å². The summed E-state index contributed by atoms with van der Waals surface area (Å²) in [4.78, 5) is 1.82. The van der Waals surface area contributed by atoms with E-state index in [1.54, 1.807) is 0 Å². The van der Waals surface area contributed by atoms with Crippen LogP contribution in [0.3, 0.4) is 0 Å². The maximum absolute atomic E-state index is 10.1. The molecule has 0 aliphatic carbocycles. The number of rotatable bonds is 4. The Morgan fingerprint density at radius 3 is 1.55 bits per heavy atom. The summed E-state index contributed by atoms with van der Waals surface area (Å²) in [6.07, 6.45) is 0.132. The predicted molar refractivity (Wildman–Crippen MR) is 33.5 cm³/mol. The fourth-order valence-corrected chi connectivity index (χ4v) is 0.693. The smallest absolute Gasteiger partial charge is 0.892 e. The molecule has 11 heavy (non-hydrogen) atoms. The first kappa shape index (κ1) is 19.7. The zero-order chi connectivity index (χ0) is 7.28. The Kier molecular flexibility index (Phi) is 23.7. The van der Waals surface area contributed by atoms with Crippen molar-refractivity contribution in [1.29, 1.82) is 0 Å². The van der Waals surface area contributed by atoms with E-state index in [1.807, 2.05) is 18.7 Å². The SMILES string of the molecule is CCN(CC)CB([O-])[O-].[K+].[K+]. The van der Waals surface area contributed by atoms with Crippen molar-refractivity contribution < 1.29 is 113 Å². The topological polar surface area (TPSA) is 49.4 Å². The molecule has 0 unspecified atom stereocenters. The van der Waals surface area contributed by atoms with E-state index in [2.05, 4.69) is 0 Å². The second kappa shape index (κ2) is 13.2. The molecule has 3 nitrogen and oxygen atoms in total. The van der Waals surface area contributed by atoms with Crippen LogP contribution in [0.4, 0.5) is 0 Å². The molecule has 0 aromatic carbocycles. The molecule has 0 aliphatic rings. The second-order valence-corrected chi connectivity index (χ2v) is 1.92. The summed E-state index contributed by atoms with van der Waals surface area (Å²) in [5.41, 5.74) is 0. The standard InChI is InChI=1S/C5H12BNO2.2K/c1-3-7(4-2)5-6(8)9;;/h3-5H2,1-2H3;;/q-2;2*+1. The fraction of sp³-hybridized carbons (Fsp3) is 1.00. The first-order chi connectivity index (χ1) is 4.20. The predicted octanol–water partition coefficient (Wildman–Crippen LogP) is -7.92. The van der Waals surface area contributed by atoms with Gasteiger partial charge in [-0.25, -0.2) is 0 Å². The van der Waals surface area contributed by atoms with Gasteiger partial charge in [-0.05, 0) is 13.1 Å². The Balaban J connectivity index is -0.000000320. The fourth-order valence-electron chi connectivity index (χ4n) is 0.693. The van der Waals surface area contributed by atoms with Crippen LogP contribution in [0.25, 0.3) is 0 Å². The summed E-state index contributed by atoms with van der Waals surface area (Å²) >= 11 is 0. The van der Waals surface area contributed by atoms with Crippen molar-refractivity contribution in [1.82, 2.24) is 4.90 Å². The van der Waals surface area contributed by atoms with Gasteiger partial charge in [0.05, 0.1) is 0 Å². The van der Waals surface area contributed by atoms with Crippen LogP contribution >= 0.6 is 0 Å². The van der Waals surface area contributed by atoms with Crippen LogP contribution in [0.5, 0.6) is 0 Å². The van der Waals surface area contributed by atoms with E-state index in [9.17, 15) is 10.0 Å². The van der Waals surface area contributed by atoms with Gasteiger partial charge in [-0.2, -0.15) is 0 Å². The molecule has 54 valence electrons. The molecule has 0 aliphatic heterocycles. The minimum Gasteiger partial charge on any atom is -0.892 e. The van der Waals surface area contributed by atoms with Crippen LogP contribution in [-0.2, 0) is 0 Å². The molecule has 0 atom stereocenters. The third-order valence-electron chi connectivity index (χ3n) is 1.30. The molecular weight excluding hydrogens is 195 g/mol. The Morgan fingerprint density at radius 2 is 1.45 bits per heavy atom. The van der Waals surface area contributed by atoms with E-state index in [4.69, 9.17) is 0 Å². The van der Waals surface area contributed by atoms with Gasteiger partial charge in [0.2, 0.25) is 0 Å². The third kappa shape index (κ3) is 13.2. The summed E-state index contributed by atoms with van der Waals surface area (Å²) < 4.78 is 0. The van der Waals surface area contributed by atoms with Crippen molar-refractivity contribution in [3.8, 4) is 0 Å². The minimum atomic E-state index is -1.69. The number of hydrogen-bond donors (Lipinski definition) is 0. The molecule has 0 bridgehead atoms. The minimum absolute atomic E-state index is 0. The van der Waals surface area contributed by atoms with Gasteiger partial charge in [0.1, 0.15) is 0 Å². The normalized spacial score (nSPS) is 8.45. The molecule has 0 radical (unpaired) electrons. The Labute approximate surface area is 154 Å².